The van der Waals surface area contributed by atoms with Gasteiger partial charge in [0.2, 0.25) is 0 Å². The molecular weight excluding hydrogens is 312 g/mol. The Morgan fingerprint density at radius 3 is 2.35 bits per heavy atom. The predicted octanol–water partition coefficient (Wildman–Crippen LogP) is 7.30. The third-order valence-electron chi connectivity index (χ3n) is 5.41. The van der Waals surface area contributed by atoms with Crippen molar-refractivity contribution in [1.82, 2.24) is 0 Å². The molecule has 0 N–H and O–H groups in total. The highest BCUT2D eigenvalue weighted by molar-refractivity contribution is 5.38. The van der Waals surface area contributed by atoms with Gasteiger partial charge in [-0.15, -0.1) is 6.58 Å². The van der Waals surface area contributed by atoms with Crippen LogP contribution in [-0.4, -0.2) is 0 Å². The molecule has 0 fully saturated rings. The van der Waals surface area contributed by atoms with Gasteiger partial charge in [0.05, 0.1) is 0 Å². The van der Waals surface area contributed by atoms with E-state index in [-0.39, 0.29) is 0 Å². The maximum absolute atomic E-state index is 4.06. The van der Waals surface area contributed by atoms with Crippen molar-refractivity contribution in [3.05, 3.63) is 95.1 Å². The topological polar surface area (TPSA) is 0 Å². The average molecular weight is 347 g/mol. The van der Waals surface area contributed by atoms with Crippen LogP contribution in [0.1, 0.15) is 62.3 Å². The monoisotopic (exact) mass is 346 g/mol. The first kappa shape index (κ1) is 20.2. The van der Waals surface area contributed by atoms with Crippen molar-refractivity contribution in [3.8, 4) is 0 Å². The Kier molecular flexibility index (Phi) is 7.91. The zero-order chi connectivity index (χ0) is 18.9. The molecule has 0 saturated heterocycles. The quantitative estimate of drug-likeness (QED) is 0.418. The number of rotatable bonds is 9. The van der Waals surface area contributed by atoms with Crippen LogP contribution in [0.15, 0.2) is 72.8 Å². The molecule has 0 spiro atoms. The van der Waals surface area contributed by atoms with Crippen molar-refractivity contribution in [2.45, 2.75) is 59.3 Å². The van der Waals surface area contributed by atoms with E-state index in [1.165, 1.54) is 40.7 Å². The number of aryl methyl sites for hydroxylation is 2. The summed E-state index contributed by atoms with van der Waals surface area (Å²) in [4.78, 5) is 0. The van der Waals surface area contributed by atoms with E-state index in [2.05, 4.69) is 95.0 Å². The zero-order valence-electron chi connectivity index (χ0n) is 17.0. The van der Waals surface area contributed by atoms with Gasteiger partial charge in [0.25, 0.3) is 0 Å². The van der Waals surface area contributed by atoms with E-state index in [4.69, 9.17) is 0 Å². The van der Waals surface area contributed by atoms with E-state index in [0.717, 1.165) is 12.8 Å². The minimum absolute atomic E-state index is 0.388. The summed E-state index contributed by atoms with van der Waals surface area (Å²) in [6.07, 6.45) is 8.90. The molecule has 0 heteroatoms. The highest BCUT2D eigenvalue weighted by atomic mass is 14.3. The highest BCUT2D eigenvalue weighted by Gasteiger charge is 2.21. The van der Waals surface area contributed by atoms with Crippen molar-refractivity contribution < 1.29 is 0 Å². The van der Waals surface area contributed by atoms with E-state index in [1.807, 2.05) is 0 Å². The van der Waals surface area contributed by atoms with Gasteiger partial charge in [0.15, 0.2) is 0 Å². The molecule has 0 saturated carbocycles. The minimum atomic E-state index is 0.388. The van der Waals surface area contributed by atoms with Crippen molar-refractivity contribution in [1.29, 1.82) is 0 Å². The average Bonchev–Trinajstić information content (AvgIpc) is 2.68. The molecule has 2 atom stereocenters. The van der Waals surface area contributed by atoms with E-state index in [1.54, 1.807) is 0 Å². The number of benzene rings is 2. The summed E-state index contributed by atoms with van der Waals surface area (Å²) in [5, 5.41) is 0. The van der Waals surface area contributed by atoms with Gasteiger partial charge in [0.1, 0.15) is 0 Å². The molecule has 2 aromatic carbocycles. The lowest BCUT2D eigenvalue weighted by molar-refractivity contribution is 0.602. The first-order valence-corrected chi connectivity index (χ1v) is 10.1. The molecule has 0 aliphatic rings. The Hall–Kier alpha value is -2.08. The lowest BCUT2D eigenvalue weighted by Crippen LogP contribution is -2.13. The standard InChI is InChI=1S/C26H34/c1-6-13-25-19-21(16-17-22(25)8-3)18-23(9-4)26(20(5)7-2)24-14-11-10-12-15-24/h7,9-12,14-17,19-20,26H,2,6,8,13,18H2,1,3-5H3/b23-9-. The summed E-state index contributed by atoms with van der Waals surface area (Å²) >= 11 is 0. The molecule has 2 unspecified atom stereocenters. The maximum Gasteiger partial charge on any atom is 0.0111 e. The molecule has 2 rings (SSSR count). The van der Waals surface area contributed by atoms with E-state index >= 15 is 0 Å². The van der Waals surface area contributed by atoms with Crippen molar-refractivity contribution >= 4 is 0 Å². The van der Waals surface area contributed by atoms with Crippen LogP contribution < -0.4 is 0 Å². The molecule has 0 aromatic heterocycles. The van der Waals surface area contributed by atoms with Crippen LogP contribution in [0.25, 0.3) is 0 Å². The van der Waals surface area contributed by atoms with Crippen LogP contribution in [0.3, 0.4) is 0 Å². The third kappa shape index (κ3) is 4.97. The SMILES string of the molecule is C=CC(C)C(/C(=C\C)Cc1ccc(CC)c(CCC)c1)c1ccccc1. The van der Waals surface area contributed by atoms with Gasteiger partial charge in [-0.05, 0) is 54.4 Å². The molecule has 2 aromatic rings. The smallest absolute Gasteiger partial charge is 0.0111 e. The second kappa shape index (κ2) is 10.2. The van der Waals surface area contributed by atoms with Crippen LogP contribution in [0, 0.1) is 5.92 Å². The van der Waals surface area contributed by atoms with Crippen molar-refractivity contribution in [2.24, 2.45) is 5.92 Å². The van der Waals surface area contributed by atoms with Gasteiger partial charge < -0.3 is 0 Å². The maximum atomic E-state index is 4.06. The van der Waals surface area contributed by atoms with Gasteiger partial charge in [-0.3, -0.25) is 0 Å². The molecule has 0 aliphatic heterocycles. The molecule has 0 heterocycles. The summed E-state index contributed by atoms with van der Waals surface area (Å²) in [5.41, 5.74) is 7.31. The fraction of sp³-hybridized carbons (Fsp3) is 0.385. The third-order valence-corrected chi connectivity index (χ3v) is 5.41. The molecule has 138 valence electrons. The first-order valence-electron chi connectivity index (χ1n) is 10.1. The van der Waals surface area contributed by atoms with Crippen LogP contribution in [0.4, 0.5) is 0 Å². The number of hydrogen-bond acceptors (Lipinski definition) is 0. The fourth-order valence-electron chi connectivity index (χ4n) is 3.92. The van der Waals surface area contributed by atoms with Crippen LogP contribution >= 0.6 is 0 Å². The van der Waals surface area contributed by atoms with Gasteiger partial charge in [-0.1, -0.05) is 93.4 Å². The Bertz CT molecular complexity index is 721. The fourth-order valence-corrected chi connectivity index (χ4v) is 3.92. The van der Waals surface area contributed by atoms with E-state index < -0.39 is 0 Å². The van der Waals surface area contributed by atoms with Gasteiger partial charge >= 0.3 is 0 Å². The zero-order valence-corrected chi connectivity index (χ0v) is 17.0. The van der Waals surface area contributed by atoms with Gasteiger partial charge in [0, 0.05) is 5.92 Å². The molecule has 0 radical (unpaired) electrons. The predicted molar refractivity (Wildman–Crippen MR) is 116 cm³/mol. The van der Waals surface area contributed by atoms with Crippen molar-refractivity contribution in [2.75, 3.05) is 0 Å². The largest absolute Gasteiger partial charge is 0.103 e. The molecular formula is C26H34. The molecule has 0 nitrogen and oxygen atoms in total. The summed E-state index contributed by atoms with van der Waals surface area (Å²) in [7, 11) is 0. The van der Waals surface area contributed by atoms with Crippen LogP contribution in [0.2, 0.25) is 0 Å². The van der Waals surface area contributed by atoms with E-state index in [9.17, 15) is 0 Å². The molecule has 0 bridgehead atoms. The number of hydrogen-bond donors (Lipinski definition) is 0. The van der Waals surface area contributed by atoms with Gasteiger partial charge in [-0.25, -0.2) is 0 Å². The molecule has 0 amide bonds. The van der Waals surface area contributed by atoms with Crippen molar-refractivity contribution in [3.63, 3.8) is 0 Å². The minimum Gasteiger partial charge on any atom is -0.103 e. The van der Waals surface area contributed by atoms with Gasteiger partial charge in [-0.2, -0.15) is 0 Å². The molecule has 26 heavy (non-hydrogen) atoms. The second-order valence-electron chi connectivity index (χ2n) is 7.23. The summed E-state index contributed by atoms with van der Waals surface area (Å²) in [5.74, 6) is 0.799. The Labute approximate surface area is 160 Å². The highest BCUT2D eigenvalue weighted by Crippen LogP contribution is 2.35. The Morgan fingerprint density at radius 2 is 1.77 bits per heavy atom. The lowest BCUT2D eigenvalue weighted by Gasteiger charge is -2.26. The normalized spacial score (nSPS) is 14.1. The summed E-state index contributed by atoms with van der Waals surface area (Å²) in [6, 6.07) is 18.0. The summed E-state index contributed by atoms with van der Waals surface area (Å²) in [6.45, 7) is 13.0. The second-order valence-corrected chi connectivity index (χ2v) is 7.23. The van der Waals surface area contributed by atoms with Crippen LogP contribution in [0.5, 0.6) is 0 Å². The first-order chi connectivity index (χ1) is 12.6. The Morgan fingerprint density at radius 1 is 1.04 bits per heavy atom. The molecule has 0 aliphatic carbocycles. The Balaban J connectivity index is 2.35. The van der Waals surface area contributed by atoms with E-state index in [0.29, 0.717) is 11.8 Å². The summed E-state index contributed by atoms with van der Waals surface area (Å²) < 4.78 is 0. The number of allylic oxidation sites excluding steroid dienone is 3. The van der Waals surface area contributed by atoms with Crippen LogP contribution in [-0.2, 0) is 19.3 Å². The lowest BCUT2D eigenvalue weighted by atomic mass is 9.78.